The minimum Gasteiger partial charge on any atom is -0.444 e. The van der Waals surface area contributed by atoms with Crippen LogP contribution in [0.2, 0.25) is 0 Å². The third-order valence-electron chi connectivity index (χ3n) is 4.65. The van der Waals surface area contributed by atoms with Crippen LogP contribution in [0, 0.1) is 6.92 Å². The molecule has 9 heteroatoms. The number of nitrogens with zero attached hydrogens (tertiary/aromatic N) is 2. The van der Waals surface area contributed by atoms with E-state index in [0.29, 0.717) is 29.8 Å². The number of aryl methyl sites for hydroxylation is 1. The second-order valence-corrected chi connectivity index (χ2v) is 9.31. The van der Waals surface area contributed by atoms with Gasteiger partial charge in [0.2, 0.25) is 5.89 Å². The standard InChI is InChI=1S/C23H28N4O3S.HI/c1-4-24-23(25-14-13-18-7-11-21(12-8-18)31(3,28)29)26-15-20-16-30-22(27-20)19-9-5-17(2)6-10-19;/h5-12,16H,4,13-15H2,1-3H3,(H2,24,25,26);1H. The molecule has 0 fully saturated rings. The highest BCUT2D eigenvalue weighted by atomic mass is 127. The van der Waals surface area contributed by atoms with Gasteiger partial charge in [0.25, 0.3) is 0 Å². The van der Waals surface area contributed by atoms with Crippen molar-refractivity contribution < 1.29 is 12.8 Å². The number of sulfone groups is 1. The molecule has 3 aromatic rings. The number of aromatic nitrogens is 1. The summed E-state index contributed by atoms with van der Waals surface area (Å²) in [7, 11) is -3.17. The van der Waals surface area contributed by atoms with E-state index in [1.807, 2.05) is 50.2 Å². The highest BCUT2D eigenvalue weighted by molar-refractivity contribution is 14.0. The van der Waals surface area contributed by atoms with Crippen LogP contribution in [0.3, 0.4) is 0 Å². The zero-order valence-corrected chi connectivity index (χ0v) is 21.6. The van der Waals surface area contributed by atoms with Gasteiger partial charge in [0.15, 0.2) is 15.8 Å². The molecule has 0 saturated heterocycles. The SMILES string of the molecule is CCNC(=NCc1coc(-c2ccc(C)cc2)n1)NCCc1ccc(S(C)(=O)=O)cc1.I. The predicted molar refractivity (Wildman–Crippen MR) is 138 cm³/mol. The van der Waals surface area contributed by atoms with Crippen LogP contribution in [0.1, 0.15) is 23.7 Å². The van der Waals surface area contributed by atoms with E-state index in [2.05, 4.69) is 20.6 Å². The van der Waals surface area contributed by atoms with E-state index >= 15 is 0 Å². The van der Waals surface area contributed by atoms with Gasteiger partial charge >= 0.3 is 0 Å². The molecule has 1 heterocycles. The van der Waals surface area contributed by atoms with Gasteiger partial charge in [-0.3, -0.25) is 0 Å². The number of benzene rings is 2. The zero-order chi connectivity index (χ0) is 22.3. The first-order valence-corrected chi connectivity index (χ1v) is 12.1. The average Bonchev–Trinajstić information content (AvgIpc) is 3.21. The first kappa shape index (κ1) is 25.9. The van der Waals surface area contributed by atoms with Crippen LogP contribution < -0.4 is 10.6 Å². The van der Waals surface area contributed by atoms with Gasteiger partial charge in [-0.15, -0.1) is 24.0 Å². The van der Waals surface area contributed by atoms with Crippen LogP contribution in [0.25, 0.3) is 11.5 Å². The molecule has 0 atom stereocenters. The van der Waals surface area contributed by atoms with Crippen LogP contribution in [0.15, 0.2) is 69.1 Å². The summed E-state index contributed by atoms with van der Waals surface area (Å²) in [6, 6.07) is 15.0. The molecular weight excluding hydrogens is 539 g/mol. The maximum absolute atomic E-state index is 11.6. The Balaban J connectivity index is 0.00000363. The number of guanidine groups is 1. The fraction of sp³-hybridized carbons (Fsp3) is 0.304. The predicted octanol–water partition coefficient (Wildman–Crippen LogP) is 3.97. The van der Waals surface area contributed by atoms with Gasteiger partial charge in [0, 0.05) is 24.9 Å². The third kappa shape index (κ3) is 7.63. The van der Waals surface area contributed by atoms with E-state index in [1.54, 1.807) is 18.4 Å². The summed E-state index contributed by atoms with van der Waals surface area (Å²) in [6.07, 6.45) is 3.59. The van der Waals surface area contributed by atoms with E-state index < -0.39 is 9.84 Å². The molecule has 0 unspecified atom stereocenters. The largest absolute Gasteiger partial charge is 0.444 e. The lowest BCUT2D eigenvalue weighted by molar-refractivity contribution is 0.572. The van der Waals surface area contributed by atoms with Crippen molar-refractivity contribution >= 4 is 39.8 Å². The molecule has 0 aliphatic heterocycles. The van der Waals surface area contributed by atoms with Crippen molar-refractivity contribution in [3.8, 4) is 11.5 Å². The van der Waals surface area contributed by atoms with Crippen LogP contribution in [0.5, 0.6) is 0 Å². The summed E-state index contributed by atoms with van der Waals surface area (Å²) >= 11 is 0. The summed E-state index contributed by atoms with van der Waals surface area (Å²) in [4.78, 5) is 9.43. The maximum Gasteiger partial charge on any atom is 0.226 e. The molecule has 2 N–H and O–H groups in total. The Morgan fingerprint density at radius 3 is 2.38 bits per heavy atom. The van der Waals surface area contributed by atoms with Crippen LogP contribution in [-0.2, 0) is 22.8 Å². The molecule has 0 spiro atoms. The van der Waals surface area contributed by atoms with Gasteiger partial charge < -0.3 is 15.1 Å². The zero-order valence-electron chi connectivity index (χ0n) is 18.5. The molecule has 32 heavy (non-hydrogen) atoms. The van der Waals surface area contributed by atoms with Crippen LogP contribution >= 0.6 is 24.0 Å². The topological polar surface area (TPSA) is 96.6 Å². The smallest absolute Gasteiger partial charge is 0.226 e. The first-order valence-electron chi connectivity index (χ1n) is 10.2. The van der Waals surface area contributed by atoms with E-state index in [9.17, 15) is 8.42 Å². The average molecular weight is 568 g/mol. The minimum absolute atomic E-state index is 0. The monoisotopic (exact) mass is 568 g/mol. The fourth-order valence-electron chi connectivity index (χ4n) is 2.94. The molecular formula is C23H29IN4O3S. The van der Waals surface area contributed by atoms with Crippen LogP contribution in [-0.4, -0.2) is 38.7 Å². The number of aliphatic imine (C=N–C) groups is 1. The van der Waals surface area contributed by atoms with Gasteiger partial charge in [-0.1, -0.05) is 29.8 Å². The lowest BCUT2D eigenvalue weighted by Crippen LogP contribution is -2.38. The molecule has 172 valence electrons. The molecule has 0 aliphatic rings. The number of rotatable bonds is 8. The number of halogens is 1. The van der Waals surface area contributed by atoms with E-state index in [-0.39, 0.29) is 24.0 Å². The number of hydrogen-bond donors (Lipinski definition) is 2. The summed E-state index contributed by atoms with van der Waals surface area (Å²) < 4.78 is 28.7. The van der Waals surface area contributed by atoms with E-state index in [4.69, 9.17) is 4.42 Å². The Labute approximate surface area is 206 Å². The van der Waals surface area contributed by atoms with Gasteiger partial charge in [-0.2, -0.15) is 0 Å². The molecule has 0 aliphatic carbocycles. The Hall–Kier alpha value is -2.40. The molecule has 1 aromatic heterocycles. The van der Waals surface area contributed by atoms with Crippen molar-refractivity contribution in [2.24, 2.45) is 4.99 Å². The molecule has 0 bridgehead atoms. The molecule has 7 nitrogen and oxygen atoms in total. The molecule has 2 aromatic carbocycles. The highest BCUT2D eigenvalue weighted by Gasteiger charge is 2.08. The van der Waals surface area contributed by atoms with Crippen molar-refractivity contribution in [2.75, 3.05) is 19.3 Å². The van der Waals surface area contributed by atoms with E-state index in [1.165, 1.54) is 11.8 Å². The molecule has 3 rings (SSSR count). The van der Waals surface area contributed by atoms with Gasteiger partial charge in [-0.05, 0) is 50.1 Å². The number of nitrogens with one attached hydrogen (secondary N) is 2. The van der Waals surface area contributed by atoms with Gasteiger partial charge in [0.05, 0.1) is 11.4 Å². The second kappa shape index (κ2) is 12.0. The summed E-state index contributed by atoms with van der Waals surface area (Å²) in [5, 5.41) is 6.51. The second-order valence-electron chi connectivity index (χ2n) is 7.30. The Morgan fingerprint density at radius 1 is 1.06 bits per heavy atom. The Morgan fingerprint density at radius 2 is 1.75 bits per heavy atom. The maximum atomic E-state index is 11.6. The summed E-state index contributed by atoms with van der Waals surface area (Å²) in [6.45, 7) is 5.85. The van der Waals surface area contributed by atoms with Crippen molar-refractivity contribution in [1.82, 2.24) is 15.6 Å². The van der Waals surface area contributed by atoms with Crippen molar-refractivity contribution in [3.05, 3.63) is 71.6 Å². The van der Waals surface area contributed by atoms with Crippen molar-refractivity contribution in [3.63, 3.8) is 0 Å². The lowest BCUT2D eigenvalue weighted by Gasteiger charge is -2.11. The van der Waals surface area contributed by atoms with Crippen molar-refractivity contribution in [1.29, 1.82) is 0 Å². The number of oxazole rings is 1. The van der Waals surface area contributed by atoms with Crippen molar-refractivity contribution in [2.45, 2.75) is 31.7 Å². The fourth-order valence-corrected chi connectivity index (χ4v) is 3.57. The Kier molecular flexibility index (Phi) is 9.70. The lowest BCUT2D eigenvalue weighted by atomic mass is 10.1. The summed E-state index contributed by atoms with van der Waals surface area (Å²) in [5.74, 6) is 1.27. The van der Waals surface area contributed by atoms with Gasteiger partial charge in [0.1, 0.15) is 12.0 Å². The Bertz CT molecular complexity index is 1120. The molecule has 0 amide bonds. The molecule has 0 saturated carbocycles. The third-order valence-corrected chi connectivity index (χ3v) is 5.78. The molecule has 0 radical (unpaired) electrons. The minimum atomic E-state index is -3.17. The van der Waals surface area contributed by atoms with E-state index in [0.717, 1.165) is 29.8 Å². The normalized spacial score (nSPS) is 11.7. The first-order chi connectivity index (χ1) is 14.8. The summed E-state index contributed by atoms with van der Waals surface area (Å²) in [5.41, 5.74) is 3.93. The van der Waals surface area contributed by atoms with Crippen LogP contribution in [0.4, 0.5) is 0 Å². The quantitative estimate of drug-likeness (QED) is 0.243. The number of hydrogen-bond acceptors (Lipinski definition) is 5. The highest BCUT2D eigenvalue weighted by Crippen LogP contribution is 2.19. The van der Waals surface area contributed by atoms with Gasteiger partial charge in [-0.25, -0.2) is 18.4 Å².